The molecule has 0 atom stereocenters. The van der Waals surface area contributed by atoms with Crippen LogP contribution in [0.2, 0.25) is 10.0 Å². The van der Waals surface area contributed by atoms with Crippen LogP contribution in [0, 0.1) is 0 Å². The van der Waals surface area contributed by atoms with Gasteiger partial charge in [0.1, 0.15) is 12.4 Å². The zero-order chi connectivity index (χ0) is 24.1. The van der Waals surface area contributed by atoms with Crippen LogP contribution in [0.3, 0.4) is 0 Å². The number of imidazole rings is 1. The monoisotopic (exact) mass is 497 g/mol. The van der Waals surface area contributed by atoms with E-state index in [1.54, 1.807) is 26.4 Å². The average molecular weight is 498 g/mol. The minimum Gasteiger partial charge on any atom is -0.493 e. The SMILES string of the molecule is COc1ccc(CCNC(=O)Cn2c(Cc3c(Cl)cccc3Cl)nc3ccccc32)cc1OC. The Labute approximate surface area is 208 Å². The van der Waals surface area contributed by atoms with Crippen molar-refractivity contribution in [3.05, 3.63) is 87.7 Å². The molecule has 34 heavy (non-hydrogen) atoms. The number of amides is 1. The van der Waals surface area contributed by atoms with Gasteiger partial charge in [-0.25, -0.2) is 4.98 Å². The number of halogens is 2. The molecule has 8 heteroatoms. The largest absolute Gasteiger partial charge is 0.493 e. The molecule has 3 aromatic carbocycles. The first-order valence-corrected chi connectivity index (χ1v) is 11.6. The molecule has 4 aromatic rings. The Balaban J connectivity index is 1.48. The fourth-order valence-electron chi connectivity index (χ4n) is 3.88. The number of hydrogen-bond donors (Lipinski definition) is 1. The highest BCUT2D eigenvalue weighted by Gasteiger charge is 2.16. The molecule has 0 aliphatic carbocycles. The number of methoxy groups -OCH3 is 2. The molecule has 176 valence electrons. The number of fused-ring (bicyclic) bond motifs is 1. The number of benzene rings is 3. The van der Waals surface area contributed by atoms with E-state index in [-0.39, 0.29) is 12.5 Å². The van der Waals surface area contributed by atoms with Crippen LogP contribution in [0.4, 0.5) is 0 Å². The van der Waals surface area contributed by atoms with Crippen molar-refractivity contribution in [1.82, 2.24) is 14.9 Å². The van der Waals surface area contributed by atoms with Crippen molar-refractivity contribution in [2.75, 3.05) is 20.8 Å². The van der Waals surface area contributed by atoms with Gasteiger partial charge >= 0.3 is 0 Å². The molecule has 0 aliphatic heterocycles. The van der Waals surface area contributed by atoms with Gasteiger partial charge in [-0.05, 0) is 53.9 Å². The van der Waals surface area contributed by atoms with Crippen LogP contribution in [-0.4, -0.2) is 36.2 Å². The highest BCUT2D eigenvalue weighted by atomic mass is 35.5. The number of rotatable bonds is 9. The van der Waals surface area contributed by atoms with Gasteiger partial charge in [0.2, 0.25) is 5.91 Å². The van der Waals surface area contributed by atoms with Crippen molar-refractivity contribution in [1.29, 1.82) is 0 Å². The van der Waals surface area contributed by atoms with E-state index in [1.165, 1.54) is 0 Å². The van der Waals surface area contributed by atoms with E-state index in [2.05, 4.69) is 5.32 Å². The number of aromatic nitrogens is 2. The normalized spacial score (nSPS) is 10.9. The van der Waals surface area contributed by atoms with Gasteiger partial charge in [0.05, 0.1) is 25.3 Å². The molecule has 1 amide bonds. The first kappa shape index (κ1) is 23.9. The number of carbonyl (C=O) groups excluding carboxylic acids is 1. The fraction of sp³-hybridized carbons (Fsp3) is 0.231. The standard InChI is InChI=1S/C26H25Cl2N3O3/c1-33-23-11-10-17(14-24(23)34-2)12-13-29-26(32)16-31-22-9-4-3-8-21(22)30-25(31)15-18-19(27)6-5-7-20(18)28/h3-11,14H,12-13,15-16H2,1-2H3,(H,29,32). The van der Waals surface area contributed by atoms with Crippen molar-refractivity contribution in [3.8, 4) is 11.5 Å². The Morgan fingerprint density at radius 3 is 2.44 bits per heavy atom. The lowest BCUT2D eigenvalue weighted by atomic mass is 10.1. The summed E-state index contributed by atoms with van der Waals surface area (Å²) in [7, 11) is 3.21. The van der Waals surface area contributed by atoms with Gasteiger partial charge in [0.25, 0.3) is 0 Å². The van der Waals surface area contributed by atoms with Crippen molar-refractivity contribution in [2.45, 2.75) is 19.4 Å². The maximum absolute atomic E-state index is 12.8. The quantitative estimate of drug-likeness (QED) is 0.340. The fourth-order valence-corrected chi connectivity index (χ4v) is 4.41. The predicted octanol–water partition coefficient (Wildman–Crippen LogP) is 5.31. The molecule has 0 bridgehead atoms. The lowest BCUT2D eigenvalue weighted by molar-refractivity contribution is -0.121. The van der Waals surface area contributed by atoms with Gasteiger partial charge in [-0.15, -0.1) is 0 Å². The second-order valence-corrected chi connectivity index (χ2v) is 8.58. The molecule has 4 rings (SSSR count). The Bertz CT molecular complexity index is 1300. The van der Waals surface area contributed by atoms with Gasteiger partial charge in [0.15, 0.2) is 11.5 Å². The summed E-state index contributed by atoms with van der Waals surface area (Å²) in [4.78, 5) is 17.6. The van der Waals surface area contributed by atoms with Crippen LogP contribution < -0.4 is 14.8 Å². The first-order chi connectivity index (χ1) is 16.5. The van der Waals surface area contributed by atoms with Gasteiger partial charge in [-0.1, -0.05) is 47.5 Å². The van der Waals surface area contributed by atoms with Crippen molar-refractivity contribution in [3.63, 3.8) is 0 Å². The summed E-state index contributed by atoms with van der Waals surface area (Å²) < 4.78 is 12.5. The minimum absolute atomic E-state index is 0.102. The number of carbonyl (C=O) groups is 1. The van der Waals surface area contributed by atoms with E-state index in [1.807, 2.05) is 53.1 Å². The number of nitrogens with one attached hydrogen (secondary N) is 1. The Kier molecular flexibility index (Phi) is 7.60. The second kappa shape index (κ2) is 10.8. The van der Waals surface area contributed by atoms with E-state index in [0.29, 0.717) is 40.9 Å². The summed E-state index contributed by atoms with van der Waals surface area (Å²) in [5.74, 6) is 1.97. The lowest BCUT2D eigenvalue weighted by Gasteiger charge is -2.12. The highest BCUT2D eigenvalue weighted by Crippen LogP contribution is 2.29. The maximum Gasteiger partial charge on any atom is 0.240 e. The first-order valence-electron chi connectivity index (χ1n) is 10.8. The van der Waals surface area contributed by atoms with E-state index in [0.717, 1.165) is 28.0 Å². The third-order valence-electron chi connectivity index (χ3n) is 5.62. The molecule has 0 unspecified atom stereocenters. The molecule has 0 radical (unpaired) electrons. The number of para-hydroxylation sites is 2. The summed E-state index contributed by atoms with van der Waals surface area (Å²) >= 11 is 12.8. The molecule has 0 aliphatic rings. The van der Waals surface area contributed by atoms with Crippen LogP contribution in [0.25, 0.3) is 11.0 Å². The number of ether oxygens (including phenoxy) is 2. The molecule has 1 N–H and O–H groups in total. The van der Waals surface area contributed by atoms with Crippen LogP contribution in [0.5, 0.6) is 11.5 Å². The molecule has 1 aromatic heterocycles. The maximum atomic E-state index is 12.8. The van der Waals surface area contributed by atoms with Crippen molar-refractivity contribution in [2.24, 2.45) is 0 Å². The Hall–Kier alpha value is -3.22. The third kappa shape index (κ3) is 5.29. The summed E-state index contributed by atoms with van der Waals surface area (Å²) in [5, 5.41) is 4.15. The molecule has 1 heterocycles. The van der Waals surface area contributed by atoms with Crippen molar-refractivity contribution >= 4 is 40.1 Å². The lowest BCUT2D eigenvalue weighted by Crippen LogP contribution is -2.30. The highest BCUT2D eigenvalue weighted by molar-refractivity contribution is 6.36. The van der Waals surface area contributed by atoms with Crippen LogP contribution in [0.1, 0.15) is 17.0 Å². The Morgan fingerprint density at radius 2 is 1.71 bits per heavy atom. The summed E-state index contributed by atoms with van der Waals surface area (Å²) in [6.45, 7) is 0.635. The average Bonchev–Trinajstić information content (AvgIpc) is 3.18. The molecule has 0 fully saturated rings. The second-order valence-electron chi connectivity index (χ2n) is 7.77. The number of nitrogens with zero attached hydrogens (tertiary/aromatic N) is 2. The topological polar surface area (TPSA) is 65.4 Å². The van der Waals surface area contributed by atoms with Gasteiger partial charge < -0.3 is 19.4 Å². The summed E-state index contributed by atoms with van der Waals surface area (Å²) in [6, 6.07) is 18.9. The van der Waals surface area contributed by atoms with Crippen molar-refractivity contribution < 1.29 is 14.3 Å². The molecule has 0 saturated carbocycles. The van der Waals surface area contributed by atoms with Gasteiger partial charge in [-0.3, -0.25) is 4.79 Å². The zero-order valence-corrected chi connectivity index (χ0v) is 20.5. The van der Waals surface area contributed by atoms with Gasteiger partial charge in [-0.2, -0.15) is 0 Å². The molecule has 0 spiro atoms. The summed E-state index contributed by atoms with van der Waals surface area (Å²) in [5.41, 5.74) is 3.53. The zero-order valence-electron chi connectivity index (χ0n) is 19.0. The number of hydrogen-bond acceptors (Lipinski definition) is 4. The molecule has 0 saturated heterocycles. The minimum atomic E-state index is -0.102. The van der Waals surface area contributed by atoms with Crippen LogP contribution in [0.15, 0.2) is 60.7 Å². The third-order valence-corrected chi connectivity index (χ3v) is 6.32. The smallest absolute Gasteiger partial charge is 0.240 e. The summed E-state index contributed by atoms with van der Waals surface area (Å²) in [6.07, 6.45) is 1.09. The molecular weight excluding hydrogens is 473 g/mol. The van der Waals surface area contributed by atoms with Crippen LogP contribution >= 0.6 is 23.2 Å². The van der Waals surface area contributed by atoms with E-state index in [4.69, 9.17) is 37.7 Å². The van der Waals surface area contributed by atoms with E-state index >= 15 is 0 Å². The molecule has 6 nitrogen and oxygen atoms in total. The van der Waals surface area contributed by atoms with Crippen LogP contribution in [-0.2, 0) is 24.2 Å². The van der Waals surface area contributed by atoms with Gasteiger partial charge in [0, 0.05) is 23.0 Å². The molecular formula is C26H25Cl2N3O3. The van der Waals surface area contributed by atoms with E-state index < -0.39 is 0 Å². The Morgan fingerprint density at radius 1 is 0.971 bits per heavy atom. The van der Waals surface area contributed by atoms with E-state index in [9.17, 15) is 4.79 Å². The predicted molar refractivity (Wildman–Crippen MR) is 135 cm³/mol.